The van der Waals surface area contributed by atoms with Gasteiger partial charge < -0.3 is 4.74 Å². The molecule has 7 heteroatoms. The average Bonchev–Trinajstić information content (AvgIpc) is 2.28. The average molecular weight is 312 g/mol. The summed E-state index contributed by atoms with van der Waals surface area (Å²) >= 11 is 2.95. The Morgan fingerprint density at radius 3 is 2.71 bits per heavy atom. The van der Waals surface area contributed by atoms with Crippen molar-refractivity contribution in [2.45, 2.75) is 18.7 Å². The number of rotatable bonds is 4. The highest BCUT2D eigenvalue weighted by molar-refractivity contribution is 9.08. The summed E-state index contributed by atoms with van der Waals surface area (Å²) in [6.45, 7) is 1.56. The molecule has 0 radical (unpaired) electrons. The molecule has 1 aromatic rings. The van der Waals surface area contributed by atoms with Crippen molar-refractivity contribution in [3.63, 3.8) is 0 Å². The maximum atomic E-state index is 13.4. The second-order valence-electron chi connectivity index (χ2n) is 3.01. The Hall–Kier alpha value is -1.11. The first kappa shape index (κ1) is 14.0. The summed E-state index contributed by atoms with van der Waals surface area (Å²) in [6, 6.07) is 0. The minimum absolute atomic E-state index is 0.0267. The van der Waals surface area contributed by atoms with Crippen LogP contribution in [0.25, 0.3) is 0 Å². The van der Waals surface area contributed by atoms with Gasteiger partial charge in [0.15, 0.2) is 0 Å². The van der Waals surface area contributed by atoms with Crippen LogP contribution in [0.2, 0.25) is 0 Å². The lowest BCUT2D eigenvalue weighted by Gasteiger charge is -2.11. The summed E-state index contributed by atoms with van der Waals surface area (Å²) in [6.07, 6.45) is -2.11. The highest BCUT2D eigenvalue weighted by Crippen LogP contribution is 2.28. The molecule has 3 nitrogen and oxygen atoms in total. The van der Waals surface area contributed by atoms with Crippen LogP contribution in [0.4, 0.5) is 13.2 Å². The Bertz CT molecular complexity index is 426. The second kappa shape index (κ2) is 6.00. The summed E-state index contributed by atoms with van der Waals surface area (Å²) in [5.41, 5.74) is -1.15. The van der Waals surface area contributed by atoms with Crippen molar-refractivity contribution in [1.82, 2.24) is 4.98 Å². The molecule has 0 spiro atoms. The number of halogens is 4. The third-order valence-electron chi connectivity index (χ3n) is 2.02. The number of carbonyl (C=O) groups is 1. The molecular formula is C10H9BrF3NO2. The Balaban J connectivity index is 3.35. The number of esters is 1. The number of alkyl halides is 3. The molecule has 0 N–H and O–H groups in total. The van der Waals surface area contributed by atoms with Gasteiger partial charge in [-0.3, -0.25) is 0 Å². The molecule has 0 saturated heterocycles. The van der Waals surface area contributed by atoms with Gasteiger partial charge in [-0.2, -0.15) is 4.39 Å². The van der Waals surface area contributed by atoms with Crippen LogP contribution in [-0.4, -0.2) is 17.6 Å². The Morgan fingerprint density at radius 1 is 1.59 bits per heavy atom. The fraction of sp³-hybridized carbons (Fsp3) is 0.400. The van der Waals surface area contributed by atoms with Crippen LogP contribution in [0.5, 0.6) is 0 Å². The molecule has 0 atom stereocenters. The molecule has 0 unspecified atom stereocenters. The zero-order chi connectivity index (χ0) is 13.0. The highest BCUT2D eigenvalue weighted by Gasteiger charge is 2.25. The highest BCUT2D eigenvalue weighted by atomic mass is 79.9. The molecule has 17 heavy (non-hydrogen) atoms. The number of hydrogen-bond donors (Lipinski definition) is 0. The monoisotopic (exact) mass is 311 g/mol. The van der Waals surface area contributed by atoms with Gasteiger partial charge in [0, 0.05) is 17.1 Å². The first-order valence-electron chi connectivity index (χ1n) is 4.71. The number of ether oxygens (including phenoxy) is 1. The smallest absolute Gasteiger partial charge is 0.343 e. The van der Waals surface area contributed by atoms with E-state index in [9.17, 15) is 18.0 Å². The SMILES string of the molecule is CCOC(=O)c1c(F)ncc(C(F)F)c1CBr. The molecule has 0 aliphatic rings. The number of aromatic nitrogens is 1. The van der Waals surface area contributed by atoms with E-state index in [1.54, 1.807) is 0 Å². The van der Waals surface area contributed by atoms with Crippen LogP contribution in [-0.2, 0) is 10.1 Å². The summed E-state index contributed by atoms with van der Waals surface area (Å²) < 4.78 is 43.3. The van der Waals surface area contributed by atoms with Crippen LogP contribution in [0.15, 0.2) is 6.20 Å². The van der Waals surface area contributed by atoms with Gasteiger partial charge in [-0.25, -0.2) is 18.6 Å². The van der Waals surface area contributed by atoms with Crippen LogP contribution in [0.1, 0.15) is 34.8 Å². The lowest BCUT2D eigenvalue weighted by Crippen LogP contribution is -2.14. The minimum atomic E-state index is -2.83. The van der Waals surface area contributed by atoms with Crippen molar-refractivity contribution in [3.8, 4) is 0 Å². The van der Waals surface area contributed by atoms with Crippen LogP contribution in [0, 0.1) is 5.95 Å². The van der Waals surface area contributed by atoms with Gasteiger partial charge in [-0.05, 0) is 12.5 Å². The standard InChI is InChI=1S/C10H9BrF3NO2/c1-2-17-10(16)7-5(3-11)6(8(12)13)4-15-9(7)14/h4,8H,2-3H2,1H3. The molecule has 0 saturated carbocycles. The van der Waals surface area contributed by atoms with E-state index >= 15 is 0 Å². The lowest BCUT2D eigenvalue weighted by atomic mass is 10.1. The predicted octanol–water partition coefficient (Wildman–Crippen LogP) is 3.23. The molecule has 0 fully saturated rings. The molecule has 1 rings (SSSR count). The van der Waals surface area contributed by atoms with Crippen molar-refractivity contribution in [1.29, 1.82) is 0 Å². The summed E-state index contributed by atoms with van der Waals surface area (Å²) in [5.74, 6) is -2.10. The normalized spacial score (nSPS) is 10.7. The molecule has 94 valence electrons. The summed E-state index contributed by atoms with van der Waals surface area (Å²) in [4.78, 5) is 14.6. The minimum Gasteiger partial charge on any atom is -0.462 e. The Labute approximate surface area is 104 Å². The van der Waals surface area contributed by atoms with Gasteiger partial charge in [0.2, 0.25) is 5.95 Å². The fourth-order valence-electron chi connectivity index (χ4n) is 1.28. The summed E-state index contributed by atoms with van der Waals surface area (Å²) in [5, 5.41) is -0.0831. The zero-order valence-corrected chi connectivity index (χ0v) is 10.4. The Kier molecular flexibility index (Phi) is 4.92. The summed E-state index contributed by atoms with van der Waals surface area (Å²) in [7, 11) is 0. The van der Waals surface area contributed by atoms with Gasteiger partial charge in [0.1, 0.15) is 5.56 Å². The number of pyridine rings is 1. The van der Waals surface area contributed by atoms with E-state index in [1.165, 1.54) is 6.92 Å². The van der Waals surface area contributed by atoms with Gasteiger partial charge in [-0.15, -0.1) is 0 Å². The van der Waals surface area contributed by atoms with Crippen molar-refractivity contribution in [3.05, 3.63) is 28.8 Å². The topological polar surface area (TPSA) is 39.2 Å². The molecule has 0 amide bonds. The molecular weight excluding hydrogens is 303 g/mol. The second-order valence-corrected chi connectivity index (χ2v) is 3.57. The van der Waals surface area contributed by atoms with E-state index in [2.05, 4.69) is 25.7 Å². The van der Waals surface area contributed by atoms with Gasteiger partial charge in [-0.1, -0.05) is 15.9 Å². The quantitative estimate of drug-likeness (QED) is 0.487. The number of hydrogen-bond acceptors (Lipinski definition) is 3. The van der Waals surface area contributed by atoms with E-state index in [4.69, 9.17) is 0 Å². The van der Waals surface area contributed by atoms with Gasteiger partial charge in [0.25, 0.3) is 6.43 Å². The lowest BCUT2D eigenvalue weighted by molar-refractivity contribution is 0.0518. The molecule has 0 aromatic carbocycles. The van der Waals surface area contributed by atoms with Crippen molar-refractivity contribution in [2.24, 2.45) is 0 Å². The molecule has 1 aromatic heterocycles. The van der Waals surface area contributed by atoms with Crippen LogP contribution >= 0.6 is 15.9 Å². The predicted molar refractivity (Wildman–Crippen MR) is 57.7 cm³/mol. The molecule has 0 aliphatic heterocycles. The van der Waals surface area contributed by atoms with Crippen molar-refractivity contribution in [2.75, 3.05) is 6.61 Å². The number of carbonyl (C=O) groups excluding carboxylic acids is 1. The van der Waals surface area contributed by atoms with E-state index in [-0.39, 0.29) is 17.5 Å². The van der Waals surface area contributed by atoms with E-state index in [0.29, 0.717) is 0 Å². The van der Waals surface area contributed by atoms with Crippen LogP contribution < -0.4 is 0 Å². The molecule has 0 aliphatic carbocycles. The third-order valence-corrected chi connectivity index (χ3v) is 2.58. The third kappa shape index (κ3) is 2.96. The van der Waals surface area contributed by atoms with Gasteiger partial charge in [0.05, 0.1) is 6.61 Å². The van der Waals surface area contributed by atoms with Gasteiger partial charge >= 0.3 is 5.97 Å². The molecule has 0 bridgehead atoms. The molecule has 1 heterocycles. The maximum Gasteiger partial charge on any atom is 0.343 e. The van der Waals surface area contributed by atoms with Crippen molar-refractivity contribution >= 4 is 21.9 Å². The van der Waals surface area contributed by atoms with Crippen molar-refractivity contribution < 1.29 is 22.7 Å². The maximum absolute atomic E-state index is 13.4. The first-order valence-corrected chi connectivity index (χ1v) is 5.83. The zero-order valence-electron chi connectivity index (χ0n) is 8.84. The van der Waals surface area contributed by atoms with E-state index in [0.717, 1.165) is 6.20 Å². The Morgan fingerprint density at radius 2 is 2.24 bits per heavy atom. The largest absolute Gasteiger partial charge is 0.462 e. The number of nitrogens with zero attached hydrogens (tertiary/aromatic N) is 1. The van der Waals surface area contributed by atoms with Crippen LogP contribution in [0.3, 0.4) is 0 Å². The fourth-order valence-corrected chi connectivity index (χ4v) is 1.88. The van der Waals surface area contributed by atoms with E-state index < -0.39 is 29.5 Å². The van der Waals surface area contributed by atoms with E-state index in [1.807, 2.05) is 0 Å². The first-order chi connectivity index (χ1) is 8.02.